The summed E-state index contributed by atoms with van der Waals surface area (Å²) in [4.78, 5) is 40.9. The Morgan fingerprint density at radius 1 is 1.00 bits per heavy atom. The number of carbonyl (C=O) groups is 3. The van der Waals surface area contributed by atoms with Gasteiger partial charge in [0.1, 0.15) is 0 Å². The number of hydrogen-bond acceptors (Lipinski definition) is 4. The number of amides is 2. The van der Waals surface area contributed by atoms with E-state index in [-0.39, 0.29) is 30.1 Å². The van der Waals surface area contributed by atoms with E-state index in [1.54, 1.807) is 16.7 Å². The van der Waals surface area contributed by atoms with Crippen molar-refractivity contribution in [1.29, 1.82) is 0 Å². The molecule has 0 bridgehead atoms. The minimum Gasteiger partial charge on any atom is -0.466 e. The van der Waals surface area contributed by atoms with E-state index in [0.29, 0.717) is 32.7 Å². The Kier molecular flexibility index (Phi) is 8.42. The van der Waals surface area contributed by atoms with E-state index < -0.39 is 0 Å². The first-order valence-electron chi connectivity index (χ1n) is 11.4. The molecule has 0 spiro atoms. The minimum atomic E-state index is -0.235. The summed E-state index contributed by atoms with van der Waals surface area (Å²) in [5, 5.41) is 0. The van der Waals surface area contributed by atoms with Crippen LogP contribution in [0.3, 0.4) is 0 Å². The Labute approximate surface area is 190 Å². The van der Waals surface area contributed by atoms with Crippen LogP contribution in [0.4, 0.5) is 5.69 Å². The van der Waals surface area contributed by atoms with E-state index >= 15 is 0 Å². The van der Waals surface area contributed by atoms with Gasteiger partial charge in [-0.3, -0.25) is 14.4 Å². The van der Waals surface area contributed by atoms with E-state index in [9.17, 15) is 14.4 Å². The van der Waals surface area contributed by atoms with Gasteiger partial charge in [-0.25, -0.2) is 0 Å². The lowest BCUT2D eigenvalue weighted by Gasteiger charge is -2.31. The van der Waals surface area contributed by atoms with Crippen LogP contribution in [0.1, 0.15) is 44.2 Å². The van der Waals surface area contributed by atoms with Crippen LogP contribution in [-0.2, 0) is 32.1 Å². The summed E-state index contributed by atoms with van der Waals surface area (Å²) < 4.78 is 5.13. The largest absolute Gasteiger partial charge is 0.466 e. The van der Waals surface area contributed by atoms with Gasteiger partial charge < -0.3 is 14.5 Å². The zero-order valence-electron chi connectivity index (χ0n) is 19.0. The Morgan fingerprint density at radius 3 is 2.38 bits per heavy atom. The molecular weight excluding hydrogens is 404 g/mol. The van der Waals surface area contributed by atoms with E-state index in [1.807, 2.05) is 61.5 Å². The molecule has 0 N–H and O–H groups in total. The van der Waals surface area contributed by atoms with Crippen molar-refractivity contribution in [1.82, 2.24) is 4.90 Å². The van der Waals surface area contributed by atoms with Gasteiger partial charge in [0.15, 0.2) is 0 Å². The van der Waals surface area contributed by atoms with Crippen LogP contribution in [0.2, 0.25) is 0 Å². The molecule has 0 aromatic heterocycles. The van der Waals surface area contributed by atoms with Gasteiger partial charge in [0.05, 0.1) is 25.5 Å². The van der Waals surface area contributed by atoms with Crippen LogP contribution in [0.25, 0.3) is 0 Å². The van der Waals surface area contributed by atoms with E-state index in [1.165, 1.54) is 0 Å². The van der Waals surface area contributed by atoms with Gasteiger partial charge in [0.2, 0.25) is 11.8 Å². The molecule has 1 atom stereocenters. The first-order valence-corrected chi connectivity index (χ1v) is 11.4. The normalized spacial score (nSPS) is 15.8. The standard InChI is InChI=1S/C26H32N2O4/c1-3-24(29)28(18-21-9-6-5-7-10-21)23-14-12-20(13-15-23)17-25(30)27-16-8-11-22(19-27)26(31)32-4-2/h5-7,9-10,12-15,22H,3-4,8,11,16-19H2,1-2H3/t22-/m1/s1. The third-order valence-corrected chi connectivity index (χ3v) is 5.78. The zero-order chi connectivity index (χ0) is 22.9. The fourth-order valence-corrected chi connectivity index (χ4v) is 4.02. The second-order valence-corrected chi connectivity index (χ2v) is 8.09. The topological polar surface area (TPSA) is 66.9 Å². The van der Waals surface area contributed by atoms with Crippen LogP contribution in [0, 0.1) is 5.92 Å². The number of nitrogens with zero attached hydrogens (tertiary/aromatic N) is 2. The third-order valence-electron chi connectivity index (χ3n) is 5.78. The van der Waals surface area contributed by atoms with Crippen LogP contribution >= 0.6 is 0 Å². The first kappa shape index (κ1) is 23.5. The lowest BCUT2D eigenvalue weighted by molar-refractivity contribution is -0.151. The predicted octanol–water partition coefficient (Wildman–Crippen LogP) is 3.97. The smallest absolute Gasteiger partial charge is 0.310 e. The van der Waals surface area contributed by atoms with Gasteiger partial charge in [0, 0.05) is 25.2 Å². The molecule has 0 radical (unpaired) electrons. The maximum absolute atomic E-state index is 12.8. The van der Waals surface area contributed by atoms with Crippen molar-refractivity contribution in [2.45, 2.75) is 46.1 Å². The molecule has 1 heterocycles. The van der Waals surface area contributed by atoms with Crippen LogP contribution < -0.4 is 4.90 Å². The van der Waals surface area contributed by atoms with Crippen molar-refractivity contribution < 1.29 is 19.1 Å². The molecule has 170 valence electrons. The molecule has 0 unspecified atom stereocenters. The minimum absolute atomic E-state index is 0.0116. The summed E-state index contributed by atoms with van der Waals surface area (Å²) in [6, 6.07) is 17.5. The molecule has 2 amide bonds. The molecule has 6 nitrogen and oxygen atoms in total. The average Bonchev–Trinajstić information content (AvgIpc) is 2.83. The molecule has 0 saturated carbocycles. The fourth-order valence-electron chi connectivity index (χ4n) is 4.02. The van der Waals surface area contributed by atoms with Crippen molar-refractivity contribution in [3.8, 4) is 0 Å². The highest BCUT2D eigenvalue weighted by Crippen LogP contribution is 2.22. The van der Waals surface area contributed by atoms with Gasteiger partial charge >= 0.3 is 5.97 Å². The van der Waals surface area contributed by atoms with Crippen molar-refractivity contribution in [2.24, 2.45) is 5.92 Å². The number of hydrogen-bond donors (Lipinski definition) is 0. The summed E-state index contributed by atoms with van der Waals surface area (Å²) in [5.74, 6) is -0.386. The number of piperidine rings is 1. The molecule has 6 heteroatoms. The van der Waals surface area contributed by atoms with E-state index in [0.717, 1.165) is 29.7 Å². The molecule has 3 rings (SSSR count). The highest BCUT2D eigenvalue weighted by atomic mass is 16.5. The summed E-state index contributed by atoms with van der Waals surface area (Å²) in [6.07, 6.45) is 2.27. The second-order valence-electron chi connectivity index (χ2n) is 8.09. The molecule has 0 aliphatic carbocycles. The number of anilines is 1. The average molecular weight is 437 g/mol. The molecule has 1 fully saturated rings. The molecular formula is C26H32N2O4. The maximum Gasteiger partial charge on any atom is 0.310 e. The summed E-state index contributed by atoms with van der Waals surface area (Å²) >= 11 is 0. The van der Waals surface area contributed by atoms with Crippen LogP contribution in [-0.4, -0.2) is 42.4 Å². The highest BCUT2D eigenvalue weighted by molar-refractivity contribution is 5.93. The van der Waals surface area contributed by atoms with E-state index in [2.05, 4.69) is 0 Å². The summed E-state index contributed by atoms with van der Waals surface area (Å²) in [7, 11) is 0. The Hall–Kier alpha value is -3.15. The number of likely N-dealkylation sites (tertiary alicyclic amines) is 1. The van der Waals surface area contributed by atoms with Crippen molar-refractivity contribution >= 4 is 23.5 Å². The number of rotatable bonds is 8. The van der Waals surface area contributed by atoms with Gasteiger partial charge in [-0.15, -0.1) is 0 Å². The Bertz CT molecular complexity index is 911. The molecule has 32 heavy (non-hydrogen) atoms. The molecule has 1 aliphatic rings. The maximum atomic E-state index is 12.8. The lowest BCUT2D eigenvalue weighted by atomic mass is 9.97. The van der Waals surface area contributed by atoms with Crippen molar-refractivity contribution in [3.05, 3.63) is 65.7 Å². The molecule has 1 aliphatic heterocycles. The van der Waals surface area contributed by atoms with Crippen LogP contribution in [0.15, 0.2) is 54.6 Å². The number of esters is 1. The van der Waals surface area contributed by atoms with Gasteiger partial charge in [-0.05, 0) is 43.0 Å². The zero-order valence-corrected chi connectivity index (χ0v) is 19.0. The first-order chi connectivity index (χ1) is 15.5. The molecule has 2 aromatic carbocycles. The highest BCUT2D eigenvalue weighted by Gasteiger charge is 2.29. The van der Waals surface area contributed by atoms with Crippen molar-refractivity contribution in [2.75, 3.05) is 24.6 Å². The third kappa shape index (κ3) is 6.19. The predicted molar refractivity (Wildman–Crippen MR) is 124 cm³/mol. The Morgan fingerprint density at radius 2 is 1.72 bits per heavy atom. The lowest BCUT2D eigenvalue weighted by Crippen LogP contribution is -2.43. The SMILES string of the molecule is CCOC(=O)[C@@H]1CCCN(C(=O)Cc2ccc(N(Cc3ccccc3)C(=O)CC)cc2)C1. The number of benzene rings is 2. The quantitative estimate of drug-likeness (QED) is 0.587. The molecule has 1 saturated heterocycles. The fraction of sp³-hybridized carbons (Fsp3) is 0.423. The van der Waals surface area contributed by atoms with Crippen molar-refractivity contribution in [3.63, 3.8) is 0 Å². The summed E-state index contributed by atoms with van der Waals surface area (Å²) in [6.45, 7) is 5.61. The van der Waals surface area contributed by atoms with Gasteiger partial charge in [-0.2, -0.15) is 0 Å². The monoisotopic (exact) mass is 436 g/mol. The number of ether oxygens (including phenoxy) is 1. The Balaban J connectivity index is 1.64. The second kappa shape index (κ2) is 11.5. The number of carbonyl (C=O) groups excluding carboxylic acids is 3. The van der Waals surface area contributed by atoms with Crippen LogP contribution in [0.5, 0.6) is 0 Å². The van der Waals surface area contributed by atoms with Gasteiger partial charge in [0.25, 0.3) is 0 Å². The molecule has 2 aromatic rings. The van der Waals surface area contributed by atoms with E-state index in [4.69, 9.17) is 4.74 Å². The van der Waals surface area contributed by atoms with Gasteiger partial charge in [-0.1, -0.05) is 49.4 Å². The summed E-state index contributed by atoms with van der Waals surface area (Å²) in [5.41, 5.74) is 2.77.